The van der Waals surface area contributed by atoms with Crippen LogP contribution in [0.5, 0.6) is 0 Å². The number of nitrogens with zero attached hydrogens (tertiary/aromatic N) is 4. The Kier molecular flexibility index (Phi) is 6.03. The topological polar surface area (TPSA) is 83.7 Å². The number of amides is 2. The lowest BCUT2D eigenvalue weighted by molar-refractivity contribution is 0.0249. The zero-order valence-electron chi connectivity index (χ0n) is 14.4. The molecule has 1 N–H and O–H groups in total. The van der Waals surface area contributed by atoms with Crippen molar-refractivity contribution in [3.8, 4) is 0 Å². The van der Waals surface area contributed by atoms with Crippen molar-refractivity contribution in [2.24, 2.45) is 5.92 Å². The highest BCUT2D eigenvalue weighted by Gasteiger charge is 2.25. The van der Waals surface area contributed by atoms with Crippen LogP contribution in [0.1, 0.15) is 24.6 Å². The van der Waals surface area contributed by atoms with Crippen LogP contribution in [0.4, 0.5) is 4.79 Å². The zero-order valence-corrected chi connectivity index (χ0v) is 14.4. The molecule has 134 valence electrons. The van der Waals surface area contributed by atoms with Gasteiger partial charge in [-0.25, -0.2) is 4.79 Å². The normalized spacial score (nSPS) is 22.5. The number of hydrogen-bond acceptors (Lipinski definition) is 6. The van der Waals surface area contributed by atoms with Crippen molar-refractivity contribution in [3.63, 3.8) is 0 Å². The third kappa shape index (κ3) is 4.91. The molecular weight excluding hydrogens is 310 g/mol. The third-order valence-corrected chi connectivity index (χ3v) is 4.61. The standard InChI is InChI=1S/C16H27N5O3/c1-13-18-15(24-19-13)4-5-17-16(22)21-6-2-3-14(12-21)11-20-7-9-23-10-8-20/h14H,2-12H2,1H3,(H,17,22)/t14-/m1/s1. The average Bonchev–Trinajstić information content (AvgIpc) is 3.01. The van der Waals surface area contributed by atoms with Gasteiger partial charge in [0, 0.05) is 45.7 Å². The molecule has 0 spiro atoms. The molecule has 2 saturated heterocycles. The van der Waals surface area contributed by atoms with Gasteiger partial charge in [0.1, 0.15) is 0 Å². The van der Waals surface area contributed by atoms with Gasteiger partial charge in [-0.3, -0.25) is 4.90 Å². The summed E-state index contributed by atoms with van der Waals surface area (Å²) in [6, 6.07) is 0.0120. The predicted octanol–water partition coefficient (Wildman–Crippen LogP) is 0.674. The van der Waals surface area contributed by atoms with E-state index < -0.39 is 0 Å². The number of piperidine rings is 1. The van der Waals surface area contributed by atoms with Crippen LogP contribution in [-0.2, 0) is 11.2 Å². The minimum absolute atomic E-state index is 0.0120. The number of urea groups is 1. The number of ether oxygens (including phenoxy) is 1. The molecule has 0 aliphatic carbocycles. The Labute approximate surface area is 142 Å². The fourth-order valence-electron chi connectivity index (χ4n) is 3.38. The van der Waals surface area contributed by atoms with E-state index in [0.29, 0.717) is 30.6 Å². The Balaban J connectivity index is 1.39. The summed E-state index contributed by atoms with van der Waals surface area (Å²) in [4.78, 5) is 20.9. The van der Waals surface area contributed by atoms with Crippen molar-refractivity contribution in [3.05, 3.63) is 11.7 Å². The summed E-state index contributed by atoms with van der Waals surface area (Å²) < 4.78 is 10.4. The Bertz CT molecular complexity index is 530. The van der Waals surface area contributed by atoms with Crippen molar-refractivity contribution in [2.75, 3.05) is 52.5 Å². The summed E-state index contributed by atoms with van der Waals surface area (Å²) in [6.45, 7) is 8.71. The minimum Gasteiger partial charge on any atom is -0.379 e. The number of hydrogen-bond donors (Lipinski definition) is 1. The molecule has 2 aliphatic rings. The first kappa shape index (κ1) is 17.2. The molecule has 2 fully saturated rings. The molecule has 8 nitrogen and oxygen atoms in total. The summed E-state index contributed by atoms with van der Waals surface area (Å²) in [6.07, 6.45) is 2.84. The molecule has 1 aromatic rings. The molecule has 3 heterocycles. The van der Waals surface area contributed by atoms with Crippen molar-refractivity contribution in [2.45, 2.75) is 26.2 Å². The number of rotatable bonds is 5. The summed E-state index contributed by atoms with van der Waals surface area (Å²) in [5.74, 6) is 1.75. The quantitative estimate of drug-likeness (QED) is 0.850. The van der Waals surface area contributed by atoms with Crippen LogP contribution in [0.25, 0.3) is 0 Å². The van der Waals surface area contributed by atoms with Gasteiger partial charge in [-0.15, -0.1) is 0 Å². The second-order valence-electron chi connectivity index (χ2n) is 6.58. The minimum atomic E-state index is 0.0120. The maximum atomic E-state index is 12.3. The molecule has 2 aliphatic heterocycles. The van der Waals surface area contributed by atoms with E-state index in [-0.39, 0.29) is 6.03 Å². The van der Waals surface area contributed by atoms with Crippen LogP contribution in [0.2, 0.25) is 0 Å². The summed E-state index contributed by atoms with van der Waals surface area (Å²) in [7, 11) is 0. The molecular formula is C16H27N5O3. The average molecular weight is 337 g/mol. The van der Waals surface area contributed by atoms with Gasteiger partial charge in [-0.05, 0) is 25.7 Å². The lowest BCUT2D eigenvalue weighted by Crippen LogP contribution is -2.49. The SMILES string of the molecule is Cc1noc(CCNC(=O)N2CCC[C@H](CN3CCOCC3)C2)n1. The predicted molar refractivity (Wildman–Crippen MR) is 87.7 cm³/mol. The lowest BCUT2D eigenvalue weighted by Gasteiger charge is -2.36. The van der Waals surface area contributed by atoms with Gasteiger partial charge in [0.15, 0.2) is 5.82 Å². The first-order valence-corrected chi connectivity index (χ1v) is 8.83. The van der Waals surface area contributed by atoms with Crippen LogP contribution in [0.3, 0.4) is 0 Å². The second-order valence-corrected chi connectivity index (χ2v) is 6.58. The van der Waals surface area contributed by atoms with Gasteiger partial charge in [0.2, 0.25) is 5.89 Å². The van der Waals surface area contributed by atoms with Crippen molar-refractivity contribution in [1.82, 2.24) is 25.3 Å². The van der Waals surface area contributed by atoms with Gasteiger partial charge < -0.3 is 19.5 Å². The number of nitrogens with one attached hydrogen (secondary N) is 1. The Morgan fingerprint density at radius 2 is 2.17 bits per heavy atom. The van der Waals surface area contributed by atoms with E-state index in [9.17, 15) is 4.79 Å². The number of likely N-dealkylation sites (tertiary alicyclic amines) is 1. The lowest BCUT2D eigenvalue weighted by atomic mass is 9.97. The fourth-order valence-corrected chi connectivity index (χ4v) is 3.38. The van der Waals surface area contributed by atoms with Gasteiger partial charge in [-0.1, -0.05) is 5.16 Å². The number of carbonyl (C=O) groups excluding carboxylic acids is 1. The maximum Gasteiger partial charge on any atom is 0.317 e. The van der Waals surface area contributed by atoms with E-state index in [1.165, 1.54) is 6.42 Å². The molecule has 1 aromatic heterocycles. The van der Waals surface area contributed by atoms with Crippen LogP contribution in [-0.4, -0.2) is 78.5 Å². The maximum absolute atomic E-state index is 12.3. The second kappa shape index (κ2) is 8.43. The summed E-state index contributed by atoms with van der Waals surface area (Å²) >= 11 is 0. The molecule has 0 bridgehead atoms. The van der Waals surface area contributed by atoms with Crippen LogP contribution >= 0.6 is 0 Å². The molecule has 0 unspecified atom stereocenters. The van der Waals surface area contributed by atoms with Gasteiger partial charge >= 0.3 is 6.03 Å². The number of carbonyl (C=O) groups is 1. The summed E-state index contributed by atoms with van der Waals surface area (Å²) in [5, 5.41) is 6.71. The van der Waals surface area contributed by atoms with E-state index in [0.717, 1.165) is 52.4 Å². The highest BCUT2D eigenvalue weighted by atomic mass is 16.5. The molecule has 0 radical (unpaired) electrons. The zero-order chi connectivity index (χ0) is 16.8. The van der Waals surface area contributed by atoms with Gasteiger partial charge in [-0.2, -0.15) is 4.98 Å². The molecule has 1 atom stereocenters. The third-order valence-electron chi connectivity index (χ3n) is 4.61. The molecule has 0 saturated carbocycles. The first-order valence-electron chi connectivity index (χ1n) is 8.83. The Hall–Kier alpha value is -1.67. The van der Waals surface area contributed by atoms with E-state index in [2.05, 4.69) is 20.4 Å². The number of morpholine rings is 1. The number of aromatic nitrogens is 2. The van der Waals surface area contributed by atoms with Crippen LogP contribution < -0.4 is 5.32 Å². The molecule has 8 heteroatoms. The Morgan fingerprint density at radius 3 is 2.92 bits per heavy atom. The van der Waals surface area contributed by atoms with Crippen LogP contribution in [0.15, 0.2) is 4.52 Å². The molecule has 24 heavy (non-hydrogen) atoms. The van der Waals surface area contributed by atoms with E-state index >= 15 is 0 Å². The molecule has 0 aromatic carbocycles. The largest absolute Gasteiger partial charge is 0.379 e. The molecule has 2 amide bonds. The first-order chi connectivity index (χ1) is 11.7. The Morgan fingerprint density at radius 1 is 1.33 bits per heavy atom. The monoisotopic (exact) mass is 337 g/mol. The summed E-state index contributed by atoms with van der Waals surface area (Å²) in [5.41, 5.74) is 0. The van der Waals surface area contributed by atoms with E-state index in [1.54, 1.807) is 6.92 Å². The van der Waals surface area contributed by atoms with Gasteiger partial charge in [0.05, 0.1) is 13.2 Å². The van der Waals surface area contributed by atoms with Crippen molar-refractivity contribution >= 4 is 6.03 Å². The van der Waals surface area contributed by atoms with Crippen molar-refractivity contribution < 1.29 is 14.1 Å². The number of aryl methyl sites for hydroxylation is 1. The van der Waals surface area contributed by atoms with Gasteiger partial charge in [0.25, 0.3) is 0 Å². The smallest absolute Gasteiger partial charge is 0.317 e. The molecule has 3 rings (SSSR count). The van der Waals surface area contributed by atoms with E-state index in [4.69, 9.17) is 9.26 Å². The van der Waals surface area contributed by atoms with Crippen LogP contribution in [0, 0.1) is 12.8 Å². The van der Waals surface area contributed by atoms with Crippen molar-refractivity contribution in [1.29, 1.82) is 0 Å². The van der Waals surface area contributed by atoms with E-state index in [1.807, 2.05) is 4.90 Å². The fraction of sp³-hybridized carbons (Fsp3) is 0.812. The highest BCUT2D eigenvalue weighted by Crippen LogP contribution is 2.18. The highest BCUT2D eigenvalue weighted by molar-refractivity contribution is 5.74.